The number of rotatable bonds is 9. The van der Waals surface area contributed by atoms with E-state index in [1.54, 1.807) is 6.20 Å². The summed E-state index contributed by atoms with van der Waals surface area (Å²) in [5, 5.41) is 7.59. The van der Waals surface area contributed by atoms with E-state index < -0.39 is 0 Å². The summed E-state index contributed by atoms with van der Waals surface area (Å²) in [5.74, 6) is 0.0570. The molecular formula is C15H26N4. The Kier molecular flexibility index (Phi) is 7.11. The first-order chi connectivity index (χ1) is 9.19. The molecule has 0 unspecified atom stereocenters. The molecular weight excluding hydrogens is 236 g/mol. The molecule has 0 fully saturated rings. The Bertz CT molecular complexity index is 381. The summed E-state index contributed by atoms with van der Waals surface area (Å²) in [6.07, 6.45) is 6.52. The number of pyridine rings is 1. The minimum absolute atomic E-state index is 0.0570. The second kappa shape index (κ2) is 8.64. The zero-order valence-corrected chi connectivity index (χ0v) is 12.2. The lowest BCUT2D eigenvalue weighted by Gasteiger charge is -2.22. The summed E-state index contributed by atoms with van der Waals surface area (Å²) in [4.78, 5) is 6.66. The van der Waals surface area contributed by atoms with E-state index in [-0.39, 0.29) is 5.84 Å². The van der Waals surface area contributed by atoms with Crippen LogP contribution in [0.1, 0.15) is 50.8 Å². The molecule has 0 aromatic carbocycles. The average Bonchev–Trinajstić information content (AvgIpc) is 2.42. The predicted octanol–water partition coefficient (Wildman–Crippen LogP) is 2.77. The predicted molar refractivity (Wildman–Crippen MR) is 80.3 cm³/mol. The van der Waals surface area contributed by atoms with Gasteiger partial charge in [-0.05, 0) is 37.6 Å². The van der Waals surface area contributed by atoms with Crippen LogP contribution in [0.3, 0.4) is 0 Å². The summed E-state index contributed by atoms with van der Waals surface area (Å²) < 4.78 is 0. The van der Waals surface area contributed by atoms with Crippen LogP contribution < -0.4 is 5.73 Å². The van der Waals surface area contributed by atoms with E-state index in [0.29, 0.717) is 5.69 Å². The third-order valence-electron chi connectivity index (χ3n) is 3.20. The molecule has 3 N–H and O–H groups in total. The van der Waals surface area contributed by atoms with Gasteiger partial charge >= 0.3 is 0 Å². The van der Waals surface area contributed by atoms with Crippen LogP contribution in [0, 0.1) is 5.41 Å². The standard InChI is InChI=1S/C15H26N4/c1-3-5-10-19(11-6-4-2)12-13-8-7-9-18-14(13)15(16)17/h7-9H,3-6,10-12H2,1-2H3,(H3,16,17). The van der Waals surface area contributed by atoms with Gasteiger partial charge in [-0.15, -0.1) is 0 Å². The highest BCUT2D eigenvalue weighted by molar-refractivity contribution is 5.94. The normalized spacial score (nSPS) is 10.9. The van der Waals surface area contributed by atoms with Crippen LogP contribution in [-0.4, -0.2) is 28.8 Å². The van der Waals surface area contributed by atoms with Crippen molar-refractivity contribution >= 4 is 5.84 Å². The van der Waals surface area contributed by atoms with E-state index in [2.05, 4.69) is 23.7 Å². The van der Waals surface area contributed by atoms with E-state index in [4.69, 9.17) is 11.1 Å². The zero-order valence-electron chi connectivity index (χ0n) is 12.2. The van der Waals surface area contributed by atoms with Gasteiger partial charge in [0.1, 0.15) is 11.5 Å². The first-order valence-electron chi connectivity index (χ1n) is 7.19. The number of aromatic nitrogens is 1. The smallest absolute Gasteiger partial charge is 0.142 e. The monoisotopic (exact) mass is 262 g/mol. The molecule has 0 aliphatic carbocycles. The molecule has 106 valence electrons. The van der Waals surface area contributed by atoms with Crippen molar-refractivity contribution in [2.75, 3.05) is 13.1 Å². The quantitative estimate of drug-likeness (QED) is 0.531. The molecule has 0 saturated heterocycles. The van der Waals surface area contributed by atoms with Crippen LogP contribution in [0.4, 0.5) is 0 Å². The molecule has 0 atom stereocenters. The molecule has 4 nitrogen and oxygen atoms in total. The van der Waals surface area contributed by atoms with Crippen molar-refractivity contribution in [3.8, 4) is 0 Å². The van der Waals surface area contributed by atoms with Gasteiger partial charge < -0.3 is 5.73 Å². The molecule has 1 aromatic rings. The Hall–Kier alpha value is -1.42. The van der Waals surface area contributed by atoms with E-state index >= 15 is 0 Å². The van der Waals surface area contributed by atoms with Crippen molar-refractivity contribution in [2.24, 2.45) is 5.73 Å². The Balaban J connectivity index is 2.74. The van der Waals surface area contributed by atoms with Crippen LogP contribution in [0.25, 0.3) is 0 Å². The van der Waals surface area contributed by atoms with Crippen LogP contribution in [-0.2, 0) is 6.54 Å². The number of unbranched alkanes of at least 4 members (excludes halogenated alkanes) is 2. The largest absolute Gasteiger partial charge is 0.382 e. The fourth-order valence-electron chi connectivity index (χ4n) is 2.08. The molecule has 1 aromatic heterocycles. The molecule has 4 heteroatoms. The zero-order chi connectivity index (χ0) is 14.1. The maximum atomic E-state index is 7.59. The fourth-order valence-corrected chi connectivity index (χ4v) is 2.08. The highest BCUT2D eigenvalue weighted by Crippen LogP contribution is 2.10. The van der Waals surface area contributed by atoms with E-state index in [1.165, 1.54) is 25.7 Å². The number of hydrogen-bond donors (Lipinski definition) is 2. The van der Waals surface area contributed by atoms with Gasteiger partial charge in [-0.2, -0.15) is 0 Å². The van der Waals surface area contributed by atoms with Gasteiger partial charge in [0.05, 0.1) is 0 Å². The summed E-state index contributed by atoms with van der Waals surface area (Å²) in [6, 6.07) is 3.94. The van der Waals surface area contributed by atoms with Crippen LogP contribution in [0.2, 0.25) is 0 Å². The first-order valence-corrected chi connectivity index (χ1v) is 7.19. The van der Waals surface area contributed by atoms with E-state index in [1.807, 2.05) is 12.1 Å². The summed E-state index contributed by atoms with van der Waals surface area (Å²) in [7, 11) is 0. The molecule has 0 radical (unpaired) electrons. The highest BCUT2D eigenvalue weighted by Gasteiger charge is 2.10. The molecule has 0 spiro atoms. The maximum Gasteiger partial charge on any atom is 0.142 e. The molecule has 1 heterocycles. The lowest BCUT2D eigenvalue weighted by molar-refractivity contribution is 0.256. The van der Waals surface area contributed by atoms with Crippen molar-refractivity contribution in [3.63, 3.8) is 0 Å². The summed E-state index contributed by atoms with van der Waals surface area (Å²) in [6.45, 7) is 7.46. The Morgan fingerprint density at radius 3 is 2.42 bits per heavy atom. The van der Waals surface area contributed by atoms with Crippen molar-refractivity contribution in [3.05, 3.63) is 29.6 Å². The fraction of sp³-hybridized carbons (Fsp3) is 0.600. The lowest BCUT2D eigenvalue weighted by Crippen LogP contribution is -2.27. The third-order valence-corrected chi connectivity index (χ3v) is 3.20. The minimum Gasteiger partial charge on any atom is -0.382 e. The van der Waals surface area contributed by atoms with Crippen LogP contribution in [0.15, 0.2) is 18.3 Å². The van der Waals surface area contributed by atoms with Crippen molar-refractivity contribution in [2.45, 2.75) is 46.1 Å². The molecule has 0 amide bonds. The third kappa shape index (κ3) is 5.39. The second-order valence-corrected chi connectivity index (χ2v) is 4.91. The van der Waals surface area contributed by atoms with Crippen molar-refractivity contribution in [1.29, 1.82) is 5.41 Å². The second-order valence-electron chi connectivity index (χ2n) is 4.91. The van der Waals surface area contributed by atoms with Crippen molar-refractivity contribution < 1.29 is 0 Å². The lowest BCUT2D eigenvalue weighted by atomic mass is 10.1. The average molecular weight is 262 g/mol. The Morgan fingerprint density at radius 1 is 1.26 bits per heavy atom. The Morgan fingerprint density at radius 2 is 1.89 bits per heavy atom. The van der Waals surface area contributed by atoms with Gasteiger partial charge in [0, 0.05) is 12.7 Å². The van der Waals surface area contributed by atoms with Crippen molar-refractivity contribution in [1.82, 2.24) is 9.88 Å². The number of amidine groups is 1. The van der Waals surface area contributed by atoms with Crippen LogP contribution >= 0.6 is 0 Å². The minimum atomic E-state index is 0.0570. The number of nitrogens with zero attached hydrogens (tertiary/aromatic N) is 2. The SMILES string of the molecule is CCCCN(CCCC)Cc1cccnc1C(=N)N. The molecule has 0 aliphatic rings. The van der Waals surface area contributed by atoms with Gasteiger partial charge in [0.15, 0.2) is 0 Å². The van der Waals surface area contributed by atoms with E-state index in [0.717, 1.165) is 25.2 Å². The number of hydrogen-bond acceptors (Lipinski definition) is 3. The van der Waals surface area contributed by atoms with Gasteiger partial charge in [0.2, 0.25) is 0 Å². The molecule has 1 rings (SSSR count). The molecule has 19 heavy (non-hydrogen) atoms. The topological polar surface area (TPSA) is 66.0 Å². The molecule has 0 saturated carbocycles. The van der Waals surface area contributed by atoms with E-state index in [9.17, 15) is 0 Å². The summed E-state index contributed by atoms with van der Waals surface area (Å²) in [5.41, 5.74) is 7.28. The van der Waals surface area contributed by atoms with Gasteiger partial charge in [0.25, 0.3) is 0 Å². The molecule has 0 bridgehead atoms. The number of nitrogens with two attached hydrogens (primary N) is 1. The number of nitrogens with one attached hydrogen (secondary N) is 1. The van der Waals surface area contributed by atoms with Gasteiger partial charge in [-0.1, -0.05) is 32.8 Å². The number of nitrogen functional groups attached to an aromatic ring is 1. The molecule has 0 aliphatic heterocycles. The van der Waals surface area contributed by atoms with Gasteiger partial charge in [-0.3, -0.25) is 15.3 Å². The van der Waals surface area contributed by atoms with Crippen LogP contribution in [0.5, 0.6) is 0 Å². The first kappa shape index (κ1) is 15.6. The maximum absolute atomic E-state index is 7.59. The summed E-state index contributed by atoms with van der Waals surface area (Å²) >= 11 is 0. The Labute approximate surface area is 116 Å². The van der Waals surface area contributed by atoms with Gasteiger partial charge in [-0.25, -0.2) is 0 Å². The highest BCUT2D eigenvalue weighted by atomic mass is 15.1.